The van der Waals surface area contributed by atoms with Crippen molar-refractivity contribution < 1.29 is 17.9 Å². The molecule has 0 aromatic carbocycles. The summed E-state index contributed by atoms with van der Waals surface area (Å²) in [5.41, 5.74) is 0.285. The molecule has 2 fully saturated rings. The molecule has 2 aliphatic heterocycles. The van der Waals surface area contributed by atoms with Crippen LogP contribution in [-0.4, -0.2) is 61.2 Å². The van der Waals surface area contributed by atoms with Crippen LogP contribution in [0.5, 0.6) is 0 Å². The lowest BCUT2D eigenvalue weighted by Crippen LogP contribution is -2.59. The van der Waals surface area contributed by atoms with Gasteiger partial charge in [0, 0.05) is 19.3 Å². The minimum absolute atomic E-state index is 0.0232. The van der Waals surface area contributed by atoms with Crippen molar-refractivity contribution in [3.05, 3.63) is 24.5 Å². The Hall–Kier alpha value is -1.51. The van der Waals surface area contributed by atoms with E-state index in [2.05, 4.69) is 4.98 Å². The number of piperidine rings is 1. The van der Waals surface area contributed by atoms with E-state index in [1.807, 2.05) is 6.07 Å². The molecule has 3 heterocycles. The van der Waals surface area contributed by atoms with Crippen LogP contribution in [0.1, 0.15) is 19.8 Å². The Morgan fingerprint density at radius 2 is 2.09 bits per heavy atom. The molecule has 0 unspecified atom stereocenters. The molecule has 0 bridgehead atoms. The summed E-state index contributed by atoms with van der Waals surface area (Å²) in [6.07, 6.45) is 4.51. The van der Waals surface area contributed by atoms with E-state index >= 15 is 0 Å². The number of amides is 1. The Balaban J connectivity index is 1.74. The lowest BCUT2D eigenvalue weighted by Gasteiger charge is -2.46. The van der Waals surface area contributed by atoms with Crippen LogP contribution in [0.4, 0.5) is 5.69 Å². The maximum Gasteiger partial charge on any atom is 0.253 e. The quantitative estimate of drug-likeness (QED) is 0.807. The summed E-state index contributed by atoms with van der Waals surface area (Å²) in [7, 11) is -3.17. The third-order valence-corrected chi connectivity index (χ3v) is 6.48. The summed E-state index contributed by atoms with van der Waals surface area (Å²) in [6, 6.07) is 3.64. The van der Waals surface area contributed by atoms with Crippen LogP contribution in [-0.2, 0) is 19.6 Å². The predicted molar refractivity (Wildman–Crippen MR) is 85.5 cm³/mol. The Bertz CT molecular complexity index is 669. The molecule has 0 radical (unpaired) electrons. The number of ether oxygens (including phenoxy) is 1. The largest absolute Gasteiger partial charge is 0.363 e. The highest BCUT2D eigenvalue weighted by Gasteiger charge is 2.44. The van der Waals surface area contributed by atoms with Gasteiger partial charge in [-0.15, -0.1) is 0 Å². The summed E-state index contributed by atoms with van der Waals surface area (Å²) in [6.45, 7) is 2.99. The summed E-state index contributed by atoms with van der Waals surface area (Å²) >= 11 is 0. The molecule has 2 aliphatic rings. The van der Waals surface area contributed by atoms with Gasteiger partial charge >= 0.3 is 0 Å². The molecular formula is C15H21N3O4S. The van der Waals surface area contributed by atoms with E-state index in [0.29, 0.717) is 32.5 Å². The Kier molecular flexibility index (Phi) is 4.39. The highest BCUT2D eigenvalue weighted by atomic mass is 32.2. The molecule has 7 nitrogen and oxygen atoms in total. The normalized spacial score (nSPS) is 22.5. The maximum absolute atomic E-state index is 12.2. The smallest absolute Gasteiger partial charge is 0.253 e. The first-order valence-electron chi connectivity index (χ1n) is 7.78. The van der Waals surface area contributed by atoms with E-state index in [0.717, 1.165) is 5.69 Å². The number of hydrogen-bond donors (Lipinski definition) is 0. The number of pyridine rings is 1. The lowest BCUT2D eigenvalue weighted by molar-refractivity contribution is -0.143. The van der Waals surface area contributed by atoms with Crippen LogP contribution in [0.25, 0.3) is 0 Å². The van der Waals surface area contributed by atoms with Gasteiger partial charge in [-0.25, -0.2) is 12.7 Å². The highest BCUT2D eigenvalue weighted by Crippen LogP contribution is 2.33. The zero-order chi connectivity index (χ0) is 16.5. The van der Waals surface area contributed by atoms with Crippen molar-refractivity contribution in [3.63, 3.8) is 0 Å². The average Bonchev–Trinajstić information content (AvgIpc) is 2.58. The first-order chi connectivity index (χ1) is 11.0. The Morgan fingerprint density at radius 3 is 2.70 bits per heavy atom. The van der Waals surface area contributed by atoms with E-state index in [9.17, 15) is 13.2 Å². The third kappa shape index (κ3) is 3.24. The molecule has 2 saturated heterocycles. The fourth-order valence-corrected chi connectivity index (χ4v) is 4.22. The van der Waals surface area contributed by atoms with Gasteiger partial charge < -0.3 is 9.64 Å². The molecule has 0 aliphatic carbocycles. The number of morpholine rings is 1. The molecule has 126 valence electrons. The minimum Gasteiger partial charge on any atom is -0.363 e. The standard InChI is InChI=1S/C15H21N3O4S/c1-2-23(20,21)17-8-5-15(6-9-17)12-18(14(19)11-22-15)13-4-3-7-16-10-13/h3-4,7,10H,2,5-6,8-9,11-12H2,1H3. The summed E-state index contributed by atoms with van der Waals surface area (Å²) in [5.74, 6) is 0.0217. The van der Waals surface area contributed by atoms with Gasteiger partial charge in [0.2, 0.25) is 10.0 Å². The van der Waals surface area contributed by atoms with Gasteiger partial charge in [-0.3, -0.25) is 9.78 Å². The molecule has 23 heavy (non-hydrogen) atoms. The summed E-state index contributed by atoms with van der Waals surface area (Å²) in [4.78, 5) is 17.9. The highest BCUT2D eigenvalue weighted by molar-refractivity contribution is 7.89. The SMILES string of the molecule is CCS(=O)(=O)N1CCC2(CC1)CN(c1cccnc1)C(=O)CO2. The van der Waals surface area contributed by atoms with Crippen molar-refractivity contribution in [1.82, 2.24) is 9.29 Å². The van der Waals surface area contributed by atoms with Gasteiger partial charge in [0.1, 0.15) is 6.61 Å². The second-order valence-electron chi connectivity index (χ2n) is 5.96. The van der Waals surface area contributed by atoms with Crippen LogP contribution >= 0.6 is 0 Å². The first kappa shape index (κ1) is 16.4. The Morgan fingerprint density at radius 1 is 1.35 bits per heavy atom. The van der Waals surface area contributed by atoms with E-state index in [1.54, 1.807) is 30.3 Å². The molecule has 3 rings (SSSR count). The van der Waals surface area contributed by atoms with E-state index in [-0.39, 0.29) is 18.3 Å². The van der Waals surface area contributed by atoms with Crippen molar-refractivity contribution in [2.45, 2.75) is 25.4 Å². The average molecular weight is 339 g/mol. The van der Waals surface area contributed by atoms with Gasteiger partial charge in [0.25, 0.3) is 5.91 Å². The Labute approximate surface area is 136 Å². The van der Waals surface area contributed by atoms with Crippen LogP contribution in [0.3, 0.4) is 0 Å². The monoisotopic (exact) mass is 339 g/mol. The number of rotatable bonds is 3. The van der Waals surface area contributed by atoms with Gasteiger partial charge in [-0.2, -0.15) is 0 Å². The summed E-state index contributed by atoms with van der Waals surface area (Å²) < 4.78 is 31.3. The number of sulfonamides is 1. The molecule has 1 aromatic rings. The molecular weight excluding hydrogens is 318 g/mol. The predicted octanol–water partition coefficient (Wildman–Crippen LogP) is 0.629. The molecule has 8 heteroatoms. The third-order valence-electron chi connectivity index (χ3n) is 4.60. The second-order valence-corrected chi connectivity index (χ2v) is 8.22. The van der Waals surface area contributed by atoms with Crippen LogP contribution < -0.4 is 4.90 Å². The van der Waals surface area contributed by atoms with Crippen LogP contribution in [0.15, 0.2) is 24.5 Å². The fraction of sp³-hybridized carbons (Fsp3) is 0.600. The van der Waals surface area contributed by atoms with E-state index < -0.39 is 15.6 Å². The van der Waals surface area contributed by atoms with E-state index in [1.165, 1.54) is 4.31 Å². The van der Waals surface area contributed by atoms with E-state index in [4.69, 9.17) is 4.74 Å². The number of nitrogens with zero attached hydrogens (tertiary/aromatic N) is 3. The molecule has 0 saturated carbocycles. The topological polar surface area (TPSA) is 79.8 Å². The van der Waals surface area contributed by atoms with Crippen LogP contribution in [0, 0.1) is 0 Å². The zero-order valence-electron chi connectivity index (χ0n) is 13.1. The number of aromatic nitrogens is 1. The van der Waals surface area contributed by atoms with Gasteiger partial charge in [0.15, 0.2) is 0 Å². The molecule has 1 spiro atoms. The van der Waals surface area contributed by atoms with Gasteiger partial charge in [-0.05, 0) is 31.9 Å². The zero-order valence-corrected chi connectivity index (χ0v) is 14.0. The number of carbonyl (C=O) groups excluding carboxylic acids is 1. The van der Waals surface area contributed by atoms with Crippen molar-refractivity contribution in [3.8, 4) is 0 Å². The number of anilines is 1. The van der Waals surface area contributed by atoms with Crippen molar-refractivity contribution >= 4 is 21.6 Å². The van der Waals surface area contributed by atoms with Crippen molar-refractivity contribution in [1.29, 1.82) is 0 Å². The lowest BCUT2D eigenvalue weighted by atomic mass is 9.90. The fourth-order valence-electron chi connectivity index (χ4n) is 3.12. The molecule has 0 N–H and O–H groups in total. The van der Waals surface area contributed by atoms with Crippen LogP contribution in [0.2, 0.25) is 0 Å². The number of hydrogen-bond acceptors (Lipinski definition) is 5. The molecule has 0 atom stereocenters. The van der Waals surface area contributed by atoms with Gasteiger partial charge in [0.05, 0.1) is 29.8 Å². The maximum atomic E-state index is 12.2. The first-order valence-corrected chi connectivity index (χ1v) is 9.39. The summed E-state index contributed by atoms with van der Waals surface area (Å²) in [5, 5.41) is 0. The van der Waals surface area contributed by atoms with Crippen molar-refractivity contribution in [2.24, 2.45) is 0 Å². The molecule has 1 aromatic heterocycles. The minimum atomic E-state index is -3.17. The second kappa shape index (κ2) is 6.18. The number of carbonyl (C=O) groups is 1. The van der Waals surface area contributed by atoms with Crippen molar-refractivity contribution in [2.75, 3.05) is 36.9 Å². The van der Waals surface area contributed by atoms with Gasteiger partial charge in [-0.1, -0.05) is 0 Å². The molecule has 1 amide bonds.